The van der Waals surface area contributed by atoms with Crippen molar-refractivity contribution in [1.82, 2.24) is 4.72 Å². The van der Waals surface area contributed by atoms with Crippen molar-refractivity contribution in [3.05, 3.63) is 29.3 Å². The Morgan fingerprint density at radius 2 is 2.00 bits per heavy atom. The molecule has 9 heteroatoms. The number of ether oxygens (including phenoxy) is 1. The smallest absolute Gasteiger partial charge is 0.335 e. The molecular weight excluding hydrogens is 302 g/mol. The third-order valence-corrected chi connectivity index (χ3v) is 4.39. The molecule has 1 unspecified atom stereocenters. The number of benzene rings is 1. The van der Waals surface area contributed by atoms with Crippen molar-refractivity contribution in [1.29, 1.82) is 0 Å². The minimum atomic E-state index is -4.19. The molecule has 21 heavy (non-hydrogen) atoms. The van der Waals surface area contributed by atoms with Crippen LogP contribution >= 0.6 is 0 Å². The second-order valence-electron chi connectivity index (χ2n) is 4.11. The Kier molecular flexibility index (Phi) is 5.41. The molecule has 1 rings (SSSR count). The second kappa shape index (κ2) is 6.66. The first-order chi connectivity index (χ1) is 9.74. The van der Waals surface area contributed by atoms with Gasteiger partial charge in [0.1, 0.15) is 6.04 Å². The average molecular weight is 317 g/mol. The van der Waals surface area contributed by atoms with Crippen LogP contribution in [0.25, 0.3) is 0 Å². The van der Waals surface area contributed by atoms with Crippen molar-refractivity contribution < 1.29 is 33.0 Å². The van der Waals surface area contributed by atoms with Crippen molar-refractivity contribution in [3.8, 4) is 0 Å². The minimum Gasteiger partial charge on any atom is -0.478 e. The molecule has 3 N–H and O–H groups in total. The van der Waals surface area contributed by atoms with E-state index >= 15 is 0 Å². The number of aromatic carboxylic acids is 1. The highest BCUT2D eigenvalue weighted by molar-refractivity contribution is 7.89. The van der Waals surface area contributed by atoms with Gasteiger partial charge in [-0.25, -0.2) is 13.2 Å². The Hall–Kier alpha value is -1.97. The summed E-state index contributed by atoms with van der Waals surface area (Å²) >= 11 is 0. The standard InChI is InChI=1S/C12H15NO7S/c1-7-8(11(15)16)4-3-5-10(7)21(18,19)13-9(6-14)12(17)20-2/h3-5,9,13-14H,6H2,1-2H3,(H,15,16). The molecule has 0 aromatic heterocycles. The van der Waals surface area contributed by atoms with E-state index in [0.29, 0.717) is 0 Å². The number of aliphatic hydroxyl groups excluding tert-OH is 1. The van der Waals surface area contributed by atoms with Gasteiger partial charge in [0.25, 0.3) is 0 Å². The maximum absolute atomic E-state index is 12.2. The maximum atomic E-state index is 12.2. The summed E-state index contributed by atoms with van der Waals surface area (Å²) in [5, 5.41) is 18.0. The van der Waals surface area contributed by atoms with Crippen molar-refractivity contribution in [2.75, 3.05) is 13.7 Å². The van der Waals surface area contributed by atoms with E-state index in [9.17, 15) is 18.0 Å². The van der Waals surface area contributed by atoms with Gasteiger partial charge in [0.15, 0.2) is 0 Å². The average Bonchev–Trinajstić information content (AvgIpc) is 2.43. The van der Waals surface area contributed by atoms with Gasteiger partial charge >= 0.3 is 11.9 Å². The fourth-order valence-corrected chi connectivity index (χ4v) is 3.13. The molecule has 0 aliphatic rings. The van der Waals surface area contributed by atoms with Gasteiger partial charge in [-0.1, -0.05) is 6.07 Å². The van der Waals surface area contributed by atoms with Gasteiger partial charge in [-0.05, 0) is 24.6 Å². The predicted octanol–water partition coefficient (Wildman–Crippen LogP) is -0.495. The summed E-state index contributed by atoms with van der Waals surface area (Å²) in [7, 11) is -3.14. The van der Waals surface area contributed by atoms with E-state index in [1.165, 1.54) is 25.1 Å². The zero-order valence-electron chi connectivity index (χ0n) is 11.4. The molecule has 0 radical (unpaired) electrons. The molecule has 8 nitrogen and oxygen atoms in total. The number of sulfonamides is 1. The number of carbonyl (C=O) groups is 2. The van der Waals surface area contributed by atoms with Gasteiger partial charge in [-0.2, -0.15) is 4.72 Å². The van der Waals surface area contributed by atoms with Crippen LogP contribution in [0.5, 0.6) is 0 Å². The molecule has 0 aliphatic carbocycles. The number of methoxy groups -OCH3 is 1. The van der Waals surface area contributed by atoms with Crippen LogP contribution in [0.1, 0.15) is 15.9 Å². The largest absolute Gasteiger partial charge is 0.478 e. The Balaban J connectivity index is 3.23. The van der Waals surface area contributed by atoms with Crippen molar-refractivity contribution in [2.24, 2.45) is 0 Å². The molecule has 1 aromatic rings. The first kappa shape index (κ1) is 17.1. The Bertz CT molecular complexity index is 654. The van der Waals surface area contributed by atoms with E-state index in [4.69, 9.17) is 10.2 Å². The predicted molar refractivity (Wildman–Crippen MR) is 71.3 cm³/mol. The van der Waals surface area contributed by atoms with Gasteiger partial charge in [-0.15, -0.1) is 0 Å². The zero-order chi connectivity index (χ0) is 16.2. The summed E-state index contributed by atoms with van der Waals surface area (Å²) in [5.41, 5.74) is -0.143. The number of nitrogens with one attached hydrogen (secondary N) is 1. The lowest BCUT2D eigenvalue weighted by atomic mass is 10.1. The van der Waals surface area contributed by atoms with E-state index in [1.54, 1.807) is 0 Å². The first-order valence-corrected chi connectivity index (χ1v) is 7.26. The number of carbonyl (C=O) groups excluding carboxylic acids is 1. The summed E-state index contributed by atoms with van der Waals surface area (Å²) in [6.45, 7) is 0.549. The van der Waals surface area contributed by atoms with E-state index in [-0.39, 0.29) is 16.0 Å². The third kappa shape index (κ3) is 3.78. The Morgan fingerprint density at radius 1 is 1.38 bits per heavy atom. The van der Waals surface area contributed by atoms with Gasteiger partial charge in [0, 0.05) is 0 Å². The molecule has 0 bridgehead atoms. The summed E-state index contributed by atoms with van der Waals surface area (Å²) in [6.07, 6.45) is 0. The molecule has 1 atom stereocenters. The van der Waals surface area contributed by atoms with Crippen LogP contribution in [0.3, 0.4) is 0 Å². The minimum absolute atomic E-state index is 0.0269. The number of carboxylic acids is 1. The molecule has 1 aromatic carbocycles. The molecule has 0 saturated carbocycles. The van der Waals surface area contributed by atoms with Crippen LogP contribution in [0, 0.1) is 6.92 Å². The summed E-state index contributed by atoms with van der Waals surface area (Å²) in [6, 6.07) is 2.28. The number of esters is 1. The molecular formula is C12H15NO7S. The zero-order valence-corrected chi connectivity index (χ0v) is 12.2. The Labute approximate surface area is 121 Å². The third-order valence-electron chi connectivity index (χ3n) is 2.77. The summed E-state index contributed by atoms with van der Waals surface area (Å²) in [4.78, 5) is 22.0. The van der Waals surface area contributed by atoms with Crippen LogP contribution in [-0.2, 0) is 19.6 Å². The number of hydrogen-bond acceptors (Lipinski definition) is 6. The number of hydrogen-bond donors (Lipinski definition) is 3. The second-order valence-corrected chi connectivity index (χ2v) is 5.80. The van der Waals surface area contributed by atoms with Crippen LogP contribution < -0.4 is 4.72 Å². The van der Waals surface area contributed by atoms with E-state index < -0.39 is 34.6 Å². The van der Waals surface area contributed by atoms with Crippen LogP contribution in [0.15, 0.2) is 23.1 Å². The van der Waals surface area contributed by atoms with Gasteiger partial charge in [0.05, 0.1) is 24.2 Å². The van der Waals surface area contributed by atoms with Gasteiger partial charge < -0.3 is 14.9 Å². The van der Waals surface area contributed by atoms with Gasteiger partial charge in [0.2, 0.25) is 10.0 Å². The lowest BCUT2D eigenvalue weighted by molar-refractivity contribution is -0.143. The fourth-order valence-electron chi connectivity index (χ4n) is 1.69. The SMILES string of the molecule is COC(=O)C(CO)NS(=O)(=O)c1cccc(C(=O)O)c1C. The summed E-state index contributed by atoms with van der Waals surface area (Å²) < 4.78 is 30.7. The lowest BCUT2D eigenvalue weighted by Crippen LogP contribution is -2.44. The van der Waals surface area contributed by atoms with Crippen molar-refractivity contribution >= 4 is 22.0 Å². The molecule has 116 valence electrons. The van der Waals surface area contributed by atoms with Crippen LogP contribution in [0.4, 0.5) is 0 Å². The fraction of sp³-hybridized carbons (Fsp3) is 0.333. The lowest BCUT2D eigenvalue weighted by Gasteiger charge is -2.16. The number of carboxylic acid groups (broad SMARTS) is 1. The monoisotopic (exact) mass is 317 g/mol. The number of aliphatic hydroxyl groups is 1. The van der Waals surface area contributed by atoms with Crippen LogP contribution in [-0.4, -0.2) is 50.3 Å². The molecule has 0 fully saturated rings. The van der Waals surface area contributed by atoms with Crippen molar-refractivity contribution in [3.63, 3.8) is 0 Å². The molecule has 0 amide bonds. The summed E-state index contributed by atoms with van der Waals surface area (Å²) in [5.74, 6) is -2.22. The molecule has 0 heterocycles. The van der Waals surface area contributed by atoms with E-state index in [1.807, 2.05) is 4.72 Å². The molecule has 0 saturated heterocycles. The highest BCUT2D eigenvalue weighted by Crippen LogP contribution is 2.19. The van der Waals surface area contributed by atoms with Crippen molar-refractivity contribution in [2.45, 2.75) is 17.9 Å². The van der Waals surface area contributed by atoms with Crippen LogP contribution in [0.2, 0.25) is 0 Å². The highest BCUT2D eigenvalue weighted by Gasteiger charge is 2.28. The first-order valence-electron chi connectivity index (χ1n) is 5.78. The maximum Gasteiger partial charge on any atom is 0.335 e. The Morgan fingerprint density at radius 3 is 2.48 bits per heavy atom. The molecule has 0 spiro atoms. The number of rotatable bonds is 6. The quantitative estimate of drug-likeness (QED) is 0.603. The van der Waals surface area contributed by atoms with E-state index in [2.05, 4.69) is 4.74 Å². The van der Waals surface area contributed by atoms with E-state index in [0.717, 1.165) is 7.11 Å². The topological polar surface area (TPSA) is 130 Å². The normalized spacial score (nSPS) is 12.7. The molecule has 0 aliphatic heterocycles. The highest BCUT2D eigenvalue weighted by atomic mass is 32.2. The van der Waals surface area contributed by atoms with Gasteiger partial charge in [-0.3, -0.25) is 4.79 Å².